The van der Waals surface area contributed by atoms with E-state index in [-0.39, 0.29) is 34.0 Å². The molecule has 1 aromatic rings. The molecule has 0 aromatic heterocycles. The molecule has 0 saturated heterocycles. The molecule has 0 spiro atoms. The summed E-state index contributed by atoms with van der Waals surface area (Å²) >= 11 is 0. The molecule has 3 aliphatic rings. The number of aliphatic hydroxyl groups excluding tert-OH is 2. The zero-order chi connectivity index (χ0) is 26.0. The standard InChI is InChI=1S/C26H35N3O6/c1-28(2)21-17-11-14-10-15-13(8-9-29(3,4)5)6-7-18(30)20(15)23(32)19(14)24(33)26(17,35)12-16(22(21)31)25(27)34/h6-7,14,17,21,35H,8-12H2,1-5H3,(H4-,27,30,31,32,33,34)/p+1. The van der Waals surface area contributed by atoms with E-state index < -0.39 is 41.6 Å². The maximum atomic E-state index is 13.8. The second-order valence-electron chi connectivity index (χ2n) is 11.4. The number of likely N-dealkylation sites (N-methyl/N-ethyl adjacent to an activating group) is 2. The number of ketones is 1. The van der Waals surface area contributed by atoms with Gasteiger partial charge in [0.05, 0.1) is 44.9 Å². The first kappa shape index (κ1) is 25.2. The molecule has 190 valence electrons. The summed E-state index contributed by atoms with van der Waals surface area (Å²) < 4.78 is 0.748. The van der Waals surface area contributed by atoms with E-state index in [1.807, 2.05) is 6.07 Å². The van der Waals surface area contributed by atoms with Crippen LogP contribution in [0, 0.1) is 11.8 Å². The van der Waals surface area contributed by atoms with Crippen molar-refractivity contribution in [1.82, 2.24) is 4.90 Å². The summed E-state index contributed by atoms with van der Waals surface area (Å²) in [6.07, 6.45) is 1.04. The molecule has 35 heavy (non-hydrogen) atoms. The van der Waals surface area contributed by atoms with Crippen LogP contribution in [-0.2, 0) is 22.4 Å². The van der Waals surface area contributed by atoms with Crippen molar-refractivity contribution < 1.29 is 34.5 Å². The van der Waals surface area contributed by atoms with Gasteiger partial charge in [0.15, 0.2) is 5.78 Å². The Hall–Kier alpha value is -2.88. The number of aliphatic hydroxyl groups is 3. The van der Waals surface area contributed by atoms with Gasteiger partial charge in [0, 0.05) is 24.3 Å². The summed E-state index contributed by atoms with van der Waals surface area (Å²) in [4.78, 5) is 27.5. The third-order valence-corrected chi connectivity index (χ3v) is 7.85. The summed E-state index contributed by atoms with van der Waals surface area (Å²) in [5.41, 5.74) is 5.37. The lowest BCUT2D eigenvalue weighted by atomic mass is 9.57. The Morgan fingerprint density at radius 2 is 1.86 bits per heavy atom. The fourth-order valence-corrected chi connectivity index (χ4v) is 6.09. The van der Waals surface area contributed by atoms with Crippen LogP contribution in [0.15, 0.2) is 29.0 Å². The third kappa shape index (κ3) is 4.01. The number of fused-ring (bicyclic) bond motifs is 3. The summed E-state index contributed by atoms with van der Waals surface area (Å²) in [5.74, 6) is -3.36. The highest BCUT2D eigenvalue weighted by molar-refractivity contribution is 6.10. The average molecular weight is 487 g/mol. The van der Waals surface area contributed by atoms with E-state index in [4.69, 9.17) is 5.73 Å². The first-order valence-electron chi connectivity index (χ1n) is 11.9. The van der Waals surface area contributed by atoms with Crippen molar-refractivity contribution in [1.29, 1.82) is 0 Å². The second-order valence-corrected chi connectivity index (χ2v) is 11.4. The topological polar surface area (TPSA) is 144 Å². The van der Waals surface area contributed by atoms with Gasteiger partial charge in [-0.1, -0.05) is 6.07 Å². The Balaban J connectivity index is 1.84. The normalized spacial score (nSPS) is 28.7. The minimum atomic E-state index is -2.01. The van der Waals surface area contributed by atoms with Gasteiger partial charge < -0.3 is 30.6 Å². The second kappa shape index (κ2) is 8.36. The van der Waals surface area contributed by atoms with Crippen molar-refractivity contribution in [3.63, 3.8) is 0 Å². The van der Waals surface area contributed by atoms with Gasteiger partial charge in [-0.05, 0) is 50.0 Å². The Morgan fingerprint density at radius 3 is 2.43 bits per heavy atom. The van der Waals surface area contributed by atoms with E-state index >= 15 is 0 Å². The molecule has 6 N–H and O–H groups in total. The van der Waals surface area contributed by atoms with Crippen molar-refractivity contribution in [3.05, 3.63) is 45.7 Å². The molecule has 0 radical (unpaired) electrons. The SMILES string of the molecule is CN(C)C1C(O)=C(C(N)=O)CC2(O)C(=O)C3=C(O)c4c(O)ccc(CC[N+](C)(C)C)c4CC3CC12. The molecule has 9 heteroatoms. The molecule has 4 rings (SSSR count). The highest BCUT2D eigenvalue weighted by Crippen LogP contribution is 2.53. The molecular formula is C26H36N3O6+. The minimum Gasteiger partial charge on any atom is -0.510 e. The van der Waals surface area contributed by atoms with E-state index in [9.17, 15) is 30.0 Å². The number of rotatable bonds is 5. The lowest BCUT2D eigenvalue weighted by molar-refractivity contribution is -0.870. The highest BCUT2D eigenvalue weighted by Gasteiger charge is 2.60. The number of carbonyl (C=O) groups excluding carboxylic acids is 2. The number of Topliss-reactive ketones (excluding diaryl/α,β-unsaturated/α-hetero) is 1. The fraction of sp³-hybridized carbons (Fsp3) is 0.538. The van der Waals surface area contributed by atoms with Gasteiger partial charge in [-0.25, -0.2) is 0 Å². The first-order valence-corrected chi connectivity index (χ1v) is 11.9. The highest BCUT2D eigenvalue weighted by atomic mass is 16.3. The van der Waals surface area contributed by atoms with E-state index in [0.29, 0.717) is 12.8 Å². The zero-order valence-corrected chi connectivity index (χ0v) is 21.0. The van der Waals surface area contributed by atoms with Gasteiger partial charge in [0.25, 0.3) is 0 Å². The van der Waals surface area contributed by atoms with Gasteiger partial charge in [0.1, 0.15) is 22.9 Å². The first-order chi connectivity index (χ1) is 16.2. The number of benzene rings is 1. The van der Waals surface area contributed by atoms with E-state index in [1.165, 1.54) is 6.07 Å². The Kier molecular flexibility index (Phi) is 6.02. The number of nitrogens with zero attached hydrogens (tertiary/aromatic N) is 2. The van der Waals surface area contributed by atoms with Gasteiger partial charge >= 0.3 is 0 Å². The molecule has 4 atom stereocenters. The monoisotopic (exact) mass is 486 g/mol. The number of primary amides is 1. The molecule has 1 saturated carbocycles. The zero-order valence-electron chi connectivity index (χ0n) is 21.0. The van der Waals surface area contributed by atoms with Crippen molar-refractivity contribution in [2.45, 2.75) is 37.3 Å². The fourth-order valence-electron chi connectivity index (χ4n) is 6.09. The number of phenols is 1. The molecule has 1 fully saturated rings. The number of phenolic OH excluding ortho intramolecular Hbond substituents is 1. The van der Waals surface area contributed by atoms with Crippen LogP contribution in [0.1, 0.15) is 29.5 Å². The number of aromatic hydroxyl groups is 1. The maximum Gasteiger partial charge on any atom is 0.248 e. The van der Waals surface area contributed by atoms with Crippen LogP contribution in [0.5, 0.6) is 5.75 Å². The van der Waals surface area contributed by atoms with E-state index in [1.54, 1.807) is 19.0 Å². The number of hydrogen-bond acceptors (Lipinski definition) is 7. The molecular weight excluding hydrogens is 450 g/mol. The Labute approximate surface area is 205 Å². The average Bonchev–Trinajstić information content (AvgIpc) is 2.73. The molecule has 0 heterocycles. The molecule has 0 bridgehead atoms. The Morgan fingerprint density at radius 1 is 1.20 bits per heavy atom. The van der Waals surface area contributed by atoms with E-state index in [2.05, 4.69) is 21.1 Å². The third-order valence-electron chi connectivity index (χ3n) is 7.85. The van der Waals surface area contributed by atoms with Crippen LogP contribution in [0.25, 0.3) is 5.76 Å². The lowest BCUT2D eigenvalue weighted by Crippen LogP contribution is -2.62. The molecule has 1 amide bonds. The summed E-state index contributed by atoms with van der Waals surface area (Å²) in [5, 5.41) is 44.5. The van der Waals surface area contributed by atoms with Crippen LogP contribution >= 0.6 is 0 Å². The predicted molar refractivity (Wildman–Crippen MR) is 130 cm³/mol. The van der Waals surface area contributed by atoms with E-state index in [0.717, 1.165) is 28.6 Å². The molecule has 3 aliphatic carbocycles. The van der Waals surface area contributed by atoms with Gasteiger partial charge in [-0.2, -0.15) is 0 Å². The van der Waals surface area contributed by atoms with Crippen LogP contribution in [0.4, 0.5) is 0 Å². The van der Waals surface area contributed by atoms with Crippen LogP contribution in [0.3, 0.4) is 0 Å². The maximum absolute atomic E-state index is 13.8. The van der Waals surface area contributed by atoms with Gasteiger partial charge in [0.2, 0.25) is 5.91 Å². The van der Waals surface area contributed by atoms with Gasteiger partial charge in [-0.15, -0.1) is 0 Å². The van der Waals surface area contributed by atoms with Crippen molar-refractivity contribution in [2.24, 2.45) is 17.6 Å². The summed E-state index contributed by atoms with van der Waals surface area (Å²) in [7, 11) is 9.68. The summed E-state index contributed by atoms with van der Waals surface area (Å²) in [6.45, 7) is 0.845. The smallest absolute Gasteiger partial charge is 0.248 e. The number of nitrogens with two attached hydrogens (primary N) is 1. The van der Waals surface area contributed by atoms with Gasteiger partial charge in [-0.3, -0.25) is 14.5 Å². The Bertz CT molecular complexity index is 1160. The van der Waals surface area contributed by atoms with Crippen molar-refractivity contribution in [3.8, 4) is 5.75 Å². The molecule has 9 nitrogen and oxygen atoms in total. The number of carbonyl (C=O) groups is 2. The molecule has 1 aromatic carbocycles. The minimum absolute atomic E-state index is 0.0676. The summed E-state index contributed by atoms with van der Waals surface area (Å²) in [6, 6.07) is 2.60. The quantitative estimate of drug-likeness (QED) is 0.391. The number of hydrogen-bond donors (Lipinski definition) is 5. The number of amides is 1. The van der Waals surface area contributed by atoms with Crippen LogP contribution < -0.4 is 5.73 Å². The van der Waals surface area contributed by atoms with Crippen molar-refractivity contribution in [2.75, 3.05) is 41.8 Å². The molecule has 0 aliphatic heterocycles. The van der Waals surface area contributed by atoms with Crippen LogP contribution in [-0.4, -0.2) is 94.9 Å². The lowest BCUT2D eigenvalue weighted by Gasteiger charge is -2.51. The number of quaternary nitrogens is 1. The predicted octanol–water partition coefficient (Wildman–Crippen LogP) is 1.03. The van der Waals surface area contributed by atoms with Crippen molar-refractivity contribution >= 4 is 17.4 Å². The van der Waals surface area contributed by atoms with Crippen LogP contribution in [0.2, 0.25) is 0 Å². The molecule has 4 unspecified atom stereocenters. The largest absolute Gasteiger partial charge is 0.510 e.